The predicted molar refractivity (Wildman–Crippen MR) is 201 cm³/mol. The third-order valence-corrected chi connectivity index (χ3v) is 12.4. The number of piperazine rings is 1. The number of phenolic OH excluding ortho intramolecular Hbond substituents is 1. The number of carboxylic acid groups (broad SMARTS) is 1. The van der Waals surface area contributed by atoms with Crippen LogP contribution in [-0.4, -0.2) is 127 Å². The zero-order chi connectivity index (χ0) is 41.0. The predicted octanol–water partition coefficient (Wildman–Crippen LogP) is 1.53. The fourth-order valence-corrected chi connectivity index (χ4v) is 9.31. The smallest absolute Gasteiger partial charge is 0.341 e. The molecule has 0 radical (unpaired) electrons. The summed E-state index contributed by atoms with van der Waals surface area (Å²) in [5, 5.41) is 69.6. The first-order valence-corrected chi connectivity index (χ1v) is 18.7. The molecule has 2 saturated carbocycles. The normalized spacial score (nSPS) is 27.8. The average Bonchev–Trinajstić information content (AvgIpc) is 4.00. The van der Waals surface area contributed by atoms with Gasteiger partial charge in [0.15, 0.2) is 11.4 Å². The van der Waals surface area contributed by atoms with Crippen molar-refractivity contribution in [3.63, 3.8) is 0 Å². The van der Waals surface area contributed by atoms with Gasteiger partial charge in [-0.3, -0.25) is 29.0 Å². The van der Waals surface area contributed by atoms with Gasteiger partial charge >= 0.3 is 5.97 Å². The van der Waals surface area contributed by atoms with Crippen molar-refractivity contribution in [1.82, 2.24) is 19.7 Å². The Balaban J connectivity index is 1.03. The Morgan fingerprint density at radius 1 is 1.02 bits per heavy atom. The lowest BCUT2D eigenvalue weighted by Gasteiger charge is -2.53. The van der Waals surface area contributed by atoms with Crippen LogP contribution < -0.4 is 15.6 Å². The van der Waals surface area contributed by atoms with Gasteiger partial charge in [-0.2, -0.15) is 0 Å². The van der Waals surface area contributed by atoms with Gasteiger partial charge in [-0.05, 0) is 64.0 Å². The molecule has 16 nitrogen and oxygen atoms in total. The van der Waals surface area contributed by atoms with E-state index in [4.69, 9.17) is 0 Å². The number of carbonyl (C=O) groups excluding carboxylic acids is 3. The summed E-state index contributed by atoms with van der Waals surface area (Å²) in [6, 6.07) is 5.52. The number of aromatic carboxylic acids is 1. The van der Waals surface area contributed by atoms with Crippen molar-refractivity contribution in [2.75, 3.05) is 51.8 Å². The van der Waals surface area contributed by atoms with Crippen LogP contribution in [0.3, 0.4) is 0 Å². The Morgan fingerprint density at radius 2 is 1.70 bits per heavy atom. The minimum Gasteiger partial charge on any atom is -0.508 e. The number of carboxylic acids is 1. The van der Waals surface area contributed by atoms with Gasteiger partial charge in [0.25, 0.3) is 5.91 Å². The first-order chi connectivity index (χ1) is 26.9. The van der Waals surface area contributed by atoms with E-state index in [2.05, 4.69) is 5.32 Å². The number of Topliss-reactive ketones (excluding diaryl/α,β-unsaturated/α-hetero) is 2. The van der Waals surface area contributed by atoms with Crippen molar-refractivity contribution in [2.45, 2.75) is 49.5 Å². The number of pyridine rings is 1. The number of carbonyl (C=O) groups is 4. The highest BCUT2D eigenvalue weighted by Gasteiger charge is 2.66. The van der Waals surface area contributed by atoms with Crippen LogP contribution in [0, 0.1) is 17.7 Å². The molecule has 300 valence electrons. The molecule has 8 rings (SSSR count). The van der Waals surface area contributed by atoms with Gasteiger partial charge in [-0.1, -0.05) is 12.1 Å². The van der Waals surface area contributed by atoms with Gasteiger partial charge in [0.1, 0.15) is 34.2 Å². The summed E-state index contributed by atoms with van der Waals surface area (Å²) in [6.45, 7) is 2.44. The summed E-state index contributed by atoms with van der Waals surface area (Å²) in [5.41, 5.74) is -6.61. The molecular weight excluding hydrogens is 745 g/mol. The second kappa shape index (κ2) is 13.2. The monoisotopic (exact) mass is 787 g/mol. The van der Waals surface area contributed by atoms with Gasteiger partial charge in [0, 0.05) is 61.2 Å². The summed E-state index contributed by atoms with van der Waals surface area (Å²) in [4.78, 5) is 71.8. The standard InChI is InChI=1S/C40H42FN5O11/c1-39(56)21-5-4-6-27(47)28(21)33(49)29-22(39)14-23-31(43(2)3)34(50)30(36(52)40(23,57)35(29)51)37(53)42-17-44-9-11-45(12-10-44)26-15-25-19(13-24(26)41)32(48)20(38(54)55)16-46(25)18-7-8-18/h4-6,13,15-16,18,22-23,31,47,49,52,56-57H,7-12,14,17H2,1-3H3,(H,42,53)(H,54,55)/t22-,23-,31-,39+,40-/m0/s1. The van der Waals surface area contributed by atoms with Crippen LogP contribution in [0.25, 0.3) is 16.7 Å². The second-order valence-electron chi connectivity index (χ2n) is 16.0. The number of aliphatic hydroxyl groups excluding tert-OH is 2. The van der Waals surface area contributed by atoms with E-state index < -0.39 is 97.7 Å². The molecule has 2 aromatic carbocycles. The molecule has 3 aromatic rings. The number of anilines is 1. The molecule has 1 aliphatic heterocycles. The number of amides is 1. The Morgan fingerprint density at radius 3 is 2.33 bits per heavy atom. The third-order valence-electron chi connectivity index (χ3n) is 12.4. The molecule has 0 unspecified atom stereocenters. The van der Waals surface area contributed by atoms with E-state index in [0.717, 1.165) is 18.9 Å². The average molecular weight is 788 g/mol. The van der Waals surface area contributed by atoms with Crippen molar-refractivity contribution in [1.29, 1.82) is 0 Å². The number of nitrogens with zero attached hydrogens (tertiary/aromatic N) is 4. The number of aliphatic hydroxyl groups is 4. The number of ketones is 2. The highest BCUT2D eigenvalue weighted by molar-refractivity contribution is 6.25. The minimum absolute atomic E-state index is 0.00290. The fourth-order valence-electron chi connectivity index (χ4n) is 9.31. The summed E-state index contributed by atoms with van der Waals surface area (Å²) in [5.74, 6) is -10.0. The Hall–Kier alpha value is -5.62. The summed E-state index contributed by atoms with van der Waals surface area (Å²) in [6.07, 6.45) is 2.64. The fraction of sp³-hybridized carbons (Fsp3) is 0.425. The van der Waals surface area contributed by atoms with E-state index in [9.17, 15) is 54.6 Å². The molecule has 57 heavy (non-hydrogen) atoms. The molecule has 0 spiro atoms. The number of hydrogen-bond donors (Lipinski definition) is 7. The highest BCUT2D eigenvalue weighted by Crippen LogP contribution is 2.57. The van der Waals surface area contributed by atoms with Crippen LogP contribution in [0.1, 0.15) is 53.7 Å². The number of likely N-dealkylation sites (N-methyl/N-ethyl adjacent to an activating group) is 1. The molecule has 17 heteroatoms. The van der Waals surface area contributed by atoms with Crippen LogP contribution >= 0.6 is 0 Å². The van der Waals surface area contributed by atoms with Crippen molar-refractivity contribution in [2.24, 2.45) is 11.8 Å². The third kappa shape index (κ3) is 5.66. The van der Waals surface area contributed by atoms with Crippen LogP contribution in [-0.2, 0) is 20.0 Å². The van der Waals surface area contributed by atoms with E-state index in [1.54, 1.807) is 20.4 Å². The quantitative estimate of drug-likeness (QED) is 0.169. The molecule has 2 heterocycles. The number of benzene rings is 2. The molecule has 1 amide bonds. The zero-order valence-corrected chi connectivity index (χ0v) is 31.3. The van der Waals surface area contributed by atoms with Crippen LogP contribution in [0.5, 0.6) is 5.75 Å². The topological polar surface area (TPSA) is 233 Å². The molecule has 3 fully saturated rings. The van der Waals surface area contributed by atoms with Gasteiger partial charge < -0.3 is 45.4 Å². The van der Waals surface area contributed by atoms with E-state index in [1.807, 2.05) is 0 Å². The number of hydrogen-bond acceptors (Lipinski definition) is 13. The molecule has 5 aliphatic rings. The molecule has 7 N–H and O–H groups in total. The van der Waals surface area contributed by atoms with Crippen molar-refractivity contribution >= 4 is 45.8 Å². The van der Waals surface area contributed by atoms with Crippen molar-refractivity contribution < 1.29 is 54.2 Å². The lowest BCUT2D eigenvalue weighted by Crippen LogP contribution is -2.67. The first-order valence-electron chi connectivity index (χ1n) is 18.7. The van der Waals surface area contributed by atoms with Crippen molar-refractivity contribution in [3.05, 3.63) is 86.2 Å². The van der Waals surface area contributed by atoms with Crippen LogP contribution in [0.4, 0.5) is 10.1 Å². The summed E-state index contributed by atoms with van der Waals surface area (Å²) in [7, 11) is 3.02. The molecule has 4 aliphatic carbocycles. The minimum atomic E-state index is -2.86. The molecule has 5 atom stereocenters. The highest BCUT2D eigenvalue weighted by atomic mass is 19.1. The Kier molecular flexibility index (Phi) is 8.88. The van der Waals surface area contributed by atoms with Crippen molar-refractivity contribution in [3.8, 4) is 5.75 Å². The number of fused-ring (bicyclic) bond motifs is 4. The van der Waals surface area contributed by atoms with Gasteiger partial charge in [0.05, 0.1) is 35.1 Å². The molecule has 0 bridgehead atoms. The molecule has 1 saturated heterocycles. The van der Waals surface area contributed by atoms with Crippen LogP contribution in [0.2, 0.25) is 0 Å². The maximum Gasteiger partial charge on any atom is 0.341 e. The first kappa shape index (κ1) is 38.3. The molecule has 1 aromatic heterocycles. The van der Waals surface area contributed by atoms with Gasteiger partial charge in [-0.25, -0.2) is 9.18 Å². The van der Waals surface area contributed by atoms with Gasteiger partial charge in [0.2, 0.25) is 11.2 Å². The maximum absolute atomic E-state index is 15.5. The lowest BCUT2D eigenvalue weighted by molar-refractivity contribution is -0.159. The number of aromatic hydroxyl groups is 1. The Labute approximate surface area is 324 Å². The molecular formula is C40H42FN5O11. The summed E-state index contributed by atoms with van der Waals surface area (Å²) >= 11 is 0. The number of phenols is 1. The van der Waals surface area contributed by atoms with E-state index in [0.29, 0.717) is 18.6 Å². The van der Waals surface area contributed by atoms with E-state index in [-0.39, 0.29) is 54.4 Å². The van der Waals surface area contributed by atoms with E-state index >= 15 is 4.39 Å². The largest absolute Gasteiger partial charge is 0.508 e. The van der Waals surface area contributed by atoms with Gasteiger partial charge in [-0.15, -0.1) is 0 Å². The van der Waals surface area contributed by atoms with E-state index in [1.165, 1.54) is 50.3 Å². The Bertz CT molecular complexity index is 2430. The summed E-state index contributed by atoms with van der Waals surface area (Å²) < 4.78 is 17.3. The lowest BCUT2D eigenvalue weighted by atomic mass is 9.54. The number of rotatable bonds is 7. The maximum atomic E-state index is 15.5. The van der Waals surface area contributed by atoms with Crippen LogP contribution in [0.15, 0.2) is 58.2 Å². The number of nitrogens with one attached hydrogen (secondary N) is 1. The number of halogens is 1. The number of aromatic nitrogens is 1. The zero-order valence-electron chi connectivity index (χ0n) is 31.3. The second-order valence-corrected chi connectivity index (χ2v) is 16.0. The SMILES string of the molecule is CN(C)[C@@H]1C(=O)C(C(=O)NCN2CCN(c3cc4c(cc3F)c(=O)c(C(=O)O)cn4C3CC3)CC2)=C(O)[C@@]2(O)C(=O)C3=C(O)c4c(O)cccc4[C@@](C)(O)[C@H]3C[C@@H]12.